The molecule has 0 bridgehead atoms. The molecule has 2 aromatic rings. The zero-order chi connectivity index (χ0) is 23.4. The molecular formula is C26H32N4O3. The summed E-state index contributed by atoms with van der Waals surface area (Å²) >= 11 is 0. The van der Waals surface area contributed by atoms with E-state index in [2.05, 4.69) is 5.32 Å². The third-order valence-electron chi connectivity index (χ3n) is 6.56. The second-order valence-electron chi connectivity index (χ2n) is 9.18. The molecule has 2 fully saturated rings. The second kappa shape index (κ2) is 10.1. The lowest BCUT2D eigenvalue weighted by molar-refractivity contribution is -0.129. The van der Waals surface area contributed by atoms with Gasteiger partial charge in [0.15, 0.2) is 0 Å². The fourth-order valence-corrected chi connectivity index (χ4v) is 4.54. The maximum Gasteiger partial charge on any atom is 0.253 e. The number of hydrogen-bond donors (Lipinski definition) is 1. The number of benzene rings is 2. The second-order valence-corrected chi connectivity index (χ2v) is 9.18. The van der Waals surface area contributed by atoms with Crippen LogP contribution in [0.3, 0.4) is 0 Å². The van der Waals surface area contributed by atoms with E-state index in [1.54, 1.807) is 4.90 Å². The van der Waals surface area contributed by atoms with Crippen LogP contribution >= 0.6 is 0 Å². The van der Waals surface area contributed by atoms with Crippen molar-refractivity contribution in [2.24, 2.45) is 5.92 Å². The van der Waals surface area contributed by atoms with Crippen LogP contribution in [0.5, 0.6) is 0 Å². The van der Waals surface area contributed by atoms with Gasteiger partial charge < -0.3 is 20.0 Å². The number of carbonyl (C=O) groups is 3. The number of piperidine rings is 1. The summed E-state index contributed by atoms with van der Waals surface area (Å²) in [5.74, 6) is -0.304. The highest BCUT2D eigenvalue weighted by Gasteiger charge is 2.35. The highest BCUT2D eigenvalue weighted by molar-refractivity contribution is 5.94. The van der Waals surface area contributed by atoms with Crippen molar-refractivity contribution in [2.45, 2.75) is 31.8 Å². The molecule has 174 valence electrons. The van der Waals surface area contributed by atoms with E-state index >= 15 is 0 Å². The number of anilines is 1. The summed E-state index contributed by atoms with van der Waals surface area (Å²) in [6.45, 7) is 2.23. The van der Waals surface area contributed by atoms with Gasteiger partial charge in [0.2, 0.25) is 11.8 Å². The third kappa shape index (κ3) is 5.53. The Bertz CT molecular complexity index is 982. The maximum atomic E-state index is 12.8. The van der Waals surface area contributed by atoms with Gasteiger partial charge in [-0.15, -0.1) is 0 Å². The van der Waals surface area contributed by atoms with Crippen LogP contribution < -0.4 is 10.2 Å². The van der Waals surface area contributed by atoms with Crippen LogP contribution in [-0.2, 0) is 16.1 Å². The van der Waals surface area contributed by atoms with Crippen LogP contribution in [-0.4, -0.2) is 67.3 Å². The first-order chi connectivity index (χ1) is 15.9. The predicted molar refractivity (Wildman–Crippen MR) is 128 cm³/mol. The van der Waals surface area contributed by atoms with Gasteiger partial charge in [-0.3, -0.25) is 14.4 Å². The van der Waals surface area contributed by atoms with E-state index in [1.165, 1.54) is 0 Å². The minimum atomic E-state index is -0.309. The Morgan fingerprint density at radius 2 is 1.67 bits per heavy atom. The first-order valence-corrected chi connectivity index (χ1v) is 11.6. The smallest absolute Gasteiger partial charge is 0.253 e. The van der Waals surface area contributed by atoms with E-state index in [-0.39, 0.29) is 36.1 Å². The number of hydrogen-bond acceptors (Lipinski definition) is 4. The van der Waals surface area contributed by atoms with Gasteiger partial charge in [-0.25, -0.2) is 0 Å². The maximum absolute atomic E-state index is 12.8. The van der Waals surface area contributed by atoms with Crippen molar-refractivity contribution in [3.8, 4) is 0 Å². The molecule has 4 rings (SSSR count). The molecule has 7 nitrogen and oxygen atoms in total. The Morgan fingerprint density at radius 1 is 1.00 bits per heavy atom. The molecule has 2 heterocycles. The standard InChI is InChI=1S/C26H32N4O3/c1-28(2)23-10-8-20(9-11-23)26(33)29-14-12-22(13-15-29)27-25(32)21-16-24(31)30(18-21)17-19-6-4-3-5-7-19/h3-11,21-22H,12-18H2,1-2H3,(H,27,32). The molecule has 1 atom stereocenters. The Kier molecular flexibility index (Phi) is 6.96. The summed E-state index contributed by atoms with van der Waals surface area (Å²) in [5.41, 5.74) is 2.81. The average Bonchev–Trinajstić information content (AvgIpc) is 3.20. The largest absolute Gasteiger partial charge is 0.378 e. The number of likely N-dealkylation sites (tertiary alicyclic amines) is 2. The molecule has 0 radical (unpaired) electrons. The number of rotatable bonds is 6. The molecular weight excluding hydrogens is 416 g/mol. The molecule has 33 heavy (non-hydrogen) atoms. The van der Waals surface area contributed by atoms with Crippen molar-refractivity contribution < 1.29 is 14.4 Å². The van der Waals surface area contributed by atoms with E-state index in [0.717, 1.165) is 24.1 Å². The Hall–Kier alpha value is -3.35. The average molecular weight is 449 g/mol. The fourth-order valence-electron chi connectivity index (χ4n) is 4.54. The molecule has 0 spiro atoms. The molecule has 1 unspecified atom stereocenters. The molecule has 2 aliphatic heterocycles. The van der Waals surface area contributed by atoms with Crippen molar-refractivity contribution in [2.75, 3.05) is 38.6 Å². The summed E-state index contributed by atoms with van der Waals surface area (Å²) in [4.78, 5) is 43.6. The van der Waals surface area contributed by atoms with Crippen LogP contribution in [0.25, 0.3) is 0 Å². The van der Waals surface area contributed by atoms with Gasteiger partial charge in [-0.05, 0) is 42.7 Å². The molecule has 1 N–H and O–H groups in total. The van der Waals surface area contributed by atoms with Gasteiger partial charge in [-0.2, -0.15) is 0 Å². The van der Waals surface area contributed by atoms with E-state index < -0.39 is 0 Å². The van der Waals surface area contributed by atoms with E-state index in [1.807, 2.05) is 78.5 Å². The Balaban J connectivity index is 1.24. The zero-order valence-corrected chi connectivity index (χ0v) is 19.4. The monoisotopic (exact) mass is 448 g/mol. The summed E-state index contributed by atoms with van der Waals surface area (Å²) in [6.07, 6.45) is 1.71. The van der Waals surface area contributed by atoms with E-state index in [9.17, 15) is 14.4 Å². The number of carbonyl (C=O) groups excluding carboxylic acids is 3. The fraction of sp³-hybridized carbons (Fsp3) is 0.423. The predicted octanol–water partition coefficient (Wildman–Crippen LogP) is 2.52. The normalized spacial score (nSPS) is 19.0. The first-order valence-electron chi connectivity index (χ1n) is 11.6. The highest BCUT2D eigenvalue weighted by atomic mass is 16.2. The summed E-state index contributed by atoms with van der Waals surface area (Å²) < 4.78 is 0. The quantitative estimate of drug-likeness (QED) is 0.737. The minimum absolute atomic E-state index is 0.0275. The summed E-state index contributed by atoms with van der Waals surface area (Å²) in [7, 11) is 3.94. The van der Waals surface area contributed by atoms with Crippen molar-refractivity contribution in [1.82, 2.24) is 15.1 Å². The van der Waals surface area contributed by atoms with Crippen LogP contribution in [0.15, 0.2) is 54.6 Å². The molecule has 3 amide bonds. The molecule has 0 saturated carbocycles. The molecule has 7 heteroatoms. The summed E-state index contributed by atoms with van der Waals surface area (Å²) in [6, 6.07) is 17.5. The van der Waals surface area contributed by atoms with Gasteiger partial charge in [0, 0.05) is 64.0 Å². The van der Waals surface area contributed by atoms with Crippen LogP contribution in [0, 0.1) is 5.92 Å². The molecule has 0 aliphatic carbocycles. The lowest BCUT2D eigenvalue weighted by Gasteiger charge is -2.33. The van der Waals surface area contributed by atoms with Crippen molar-refractivity contribution in [3.05, 3.63) is 65.7 Å². The molecule has 2 aromatic carbocycles. The Labute approximate surface area is 195 Å². The van der Waals surface area contributed by atoms with Crippen molar-refractivity contribution >= 4 is 23.4 Å². The van der Waals surface area contributed by atoms with Gasteiger partial charge in [0.05, 0.1) is 5.92 Å². The SMILES string of the molecule is CN(C)c1ccc(C(=O)N2CCC(NC(=O)C3CC(=O)N(Cc4ccccc4)C3)CC2)cc1. The van der Waals surface area contributed by atoms with Crippen LogP contribution in [0.4, 0.5) is 5.69 Å². The Morgan fingerprint density at radius 3 is 2.30 bits per heavy atom. The number of nitrogens with zero attached hydrogens (tertiary/aromatic N) is 3. The van der Waals surface area contributed by atoms with Crippen LogP contribution in [0.1, 0.15) is 35.2 Å². The topological polar surface area (TPSA) is 73.0 Å². The summed E-state index contributed by atoms with van der Waals surface area (Å²) in [5, 5.41) is 3.12. The van der Waals surface area contributed by atoms with Gasteiger partial charge >= 0.3 is 0 Å². The zero-order valence-electron chi connectivity index (χ0n) is 19.4. The first kappa shape index (κ1) is 22.8. The van der Waals surface area contributed by atoms with Gasteiger partial charge in [-0.1, -0.05) is 30.3 Å². The molecule has 2 aliphatic rings. The molecule has 0 aromatic heterocycles. The third-order valence-corrected chi connectivity index (χ3v) is 6.56. The van der Waals surface area contributed by atoms with Gasteiger partial charge in [0.1, 0.15) is 0 Å². The lowest BCUT2D eigenvalue weighted by atomic mass is 10.0. The lowest BCUT2D eigenvalue weighted by Crippen LogP contribution is -2.48. The minimum Gasteiger partial charge on any atom is -0.378 e. The highest BCUT2D eigenvalue weighted by Crippen LogP contribution is 2.22. The number of amides is 3. The van der Waals surface area contributed by atoms with E-state index in [4.69, 9.17) is 0 Å². The van der Waals surface area contributed by atoms with E-state index in [0.29, 0.717) is 31.7 Å². The van der Waals surface area contributed by atoms with Crippen molar-refractivity contribution in [3.63, 3.8) is 0 Å². The van der Waals surface area contributed by atoms with Gasteiger partial charge in [0.25, 0.3) is 5.91 Å². The van der Waals surface area contributed by atoms with Crippen LogP contribution in [0.2, 0.25) is 0 Å². The van der Waals surface area contributed by atoms with Crippen molar-refractivity contribution in [1.29, 1.82) is 0 Å². The molecule has 2 saturated heterocycles. The number of nitrogens with one attached hydrogen (secondary N) is 1.